The molecule has 4 aromatic carbocycles. The van der Waals surface area contributed by atoms with Crippen LogP contribution in [0.1, 0.15) is 33.4 Å². The van der Waals surface area contributed by atoms with E-state index in [1.165, 1.54) is 27.8 Å². The molecule has 8 heteroatoms. The highest BCUT2D eigenvalue weighted by Crippen LogP contribution is 2.30. The molecule has 0 amide bonds. The van der Waals surface area contributed by atoms with E-state index in [1.807, 2.05) is 44.4 Å². The molecule has 0 N–H and O–H groups in total. The minimum absolute atomic E-state index is 0.706. The van der Waals surface area contributed by atoms with Crippen LogP contribution in [0.2, 0.25) is 0 Å². The summed E-state index contributed by atoms with van der Waals surface area (Å²) in [5.74, 6) is 2.53. The van der Waals surface area contributed by atoms with E-state index >= 15 is 0 Å². The molecule has 52 heavy (non-hydrogen) atoms. The highest BCUT2D eigenvalue weighted by molar-refractivity contribution is 5.83. The van der Waals surface area contributed by atoms with Gasteiger partial charge >= 0.3 is 0 Å². The zero-order chi connectivity index (χ0) is 35.5. The fraction of sp³-hybridized carbons (Fsp3) is 0.159. The van der Waals surface area contributed by atoms with Crippen molar-refractivity contribution in [3.05, 3.63) is 149 Å². The van der Waals surface area contributed by atoms with Crippen molar-refractivity contribution in [1.29, 1.82) is 0 Å². The lowest BCUT2D eigenvalue weighted by atomic mass is 10.0. The van der Waals surface area contributed by atoms with Crippen LogP contribution in [0.4, 0.5) is 0 Å². The quantitative estimate of drug-likeness (QED) is 0.168. The zero-order valence-corrected chi connectivity index (χ0v) is 30.0. The van der Waals surface area contributed by atoms with Crippen LogP contribution in [0.3, 0.4) is 0 Å². The average molecular weight is 679 g/mol. The Morgan fingerprint density at radius 2 is 1.08 bits per heavy atom. The number of nitrogens with zero attached hydrogens (tertiary/aromatic N) is 8. The molecular formula is C44H38N8. The summed E-state index contributed by atoms with van der Waals surface area (Å²) in [5, 5.41) is 0. The number of hydrogen-bond donors (Lipinski definition) is 0. The zero-order valence-electron chi connectivity index (χ0n) is 30.0. The monoisotopic (exact) mass is 678 g/mol. The molecule has 0 atom stereocenters. The predicted molar refractivity (Wildman–Crippen MR) is 209 cm³/mol. The van der Waals surface area contributed by atoms with Crippen molar-refractivity contribution in [2.75, 3.05) is 0 Å². The maximum absolute atomic E-state index is 5.18. The molecule has 0 aliphatic carbocycles. The van der Waals surface area contributed by atoms with E-state index in [0.29, 0.717) is 6.54 Å². The first kappa shape index (κ1) is 31.6. The van der Waals surface area contributed by atoms with E-state index in [1.54, 1.807) is 0 Å². The van der Waals surface area contributed by atoms with Crippen LogP contribution >= 0.6 is 0 Å². The minimum Gasteiger partial charge on any atom is -0.326 e. The van der Waals surface area contributed by atoms with Gasteiger partial charge < -0.3 is 13.7 Å². The summed E-state index contributed by atoms with van der Waals surface area (Å²) < 4.78 is 6.52. The van der Waals surface area contributed by atoms with Crippen LogP contribution < -0.4 is 0 Å². The predicted octanol–water partition coefficient (Wildman–Crippen LogP) is 9.17. The van der Waals surface area contributed by atoms with Crippen LogP contribution in [0.5, 0.6) is 0 Å². The Kier molecular flexibility index (Phi) is 7.54. The summed E-state index contributed by atoms with van der Waals surface area (Å²) in [6.45, 7) is 7.05. The van der Waals surface area contributed by atoms with Crippen molar-refractivity contribution in [1.82, 2.24) is 38.6 Å². The van der Waals surface area contributed by atoms with Gasteiger partial charge in [0.15, 0.2) is 17.5 Å². The summed E-state index contributed by atoms with van der Waals surface area (Å²) in [5.41, 5.74) is 15.9. The molecule has 0 saturated carbocycles. The lowest BCUT2D eigenvalue weighted by Crippen LogP contribution is -2.04. The number of aromatic nitrogens is 8. The van der Waals surface area contributed by atoms with Gasteiger partial charge in [0.05, 0.1) is 33.1 Å². The van der Waals surface area contributed by atoms with Gasteiger partial charge in [-0.3, -0.25) is 4.98 Å². The van der Waals surface area contributed by atoms with Crippen LogP contribution in [-0.4, -0.2) is 38.6 Å². The Morgan fingerprint density at radius 1 is 0.462 bits per heavy atom. The number of pyridine rings is 2. The van der Waals surface area contributed by atoms with Gasteiger partial charge in [-0.2, -0.15) is 0 Å². The molecule has 0 aliphatic rings. The Bertz CT molecular complexity index is 2780. The van der Waals surface area contributed by atoms with Crippen LogP contribution in [-0.2, 0) is 27.1 Å². The van der Waals surface area contributed by atoms with E-state index in [-0.39, 0.29) is 0 Å². The number of imidazole rings is 3. The molecule has 0 spiro atoms. The summed E-state index contributed by atoms with van der Waals surface area (Å²) in [7, 11) is 4.11. The highest BCUT2D eigenvalue weighted by atomic mass is 15.1. The van der Waals surface area contributed by atoms with Gasteiger partial charge in [-0.15, -0.1) is 0 Å². The Hall–Kier alpha value is -6.41. The molecule has 0 aliphatic heterocycles. The molecule has 0 unspecified atom stereocenters. The molecule has 0 radical (unpaired) electrons. The highest BCUT2D eigenvalue weighted by Gasteiger charge is 2.18. The number of benzene rings is 4. The van der Waals surface area contributed by atoms with Crippen LogP contribution in [0, 0.1) is 20.8 Å². The molecule has 9 aromatic rings. The molecule has 0 fully saturated rings. The molecule has 5 aromatic heterocycles. The maximum atomic E-state index is 5.18. The van der Waals surface area contributed by atoms with Gasteiger partial charge in [-0.05, 0) is 104 Å². The number of rotatable bonds is 7. The first-order valence-corrected chi connectivity index (χ1v) is 17.6. The van der Waals surface area contributed by atoms with E-state index in [2.05, 4.69) is 125 Å². The fourth-order valence-corrected chi connectivity index (χ4v) is 7.46. The second-order valence-electron chi connectivity index (χ2n) is 13.9. The summed E-state index contributed by atoms with van der Waals surface area (Å²) in [6.07, 6.45) is 2.66. The van der Waals surface area contributed by atoms with Crippen molar-refractivity contribution in [2.45, 2.75) is 33.7 Å². The minimum atomic E-state index is 0.706. The number of aryl methyl sites for hydroxylation is 5. The molecular weight excluding hydrogens is 641 g/mol. The molecule has 5 heterocycles. The molecule has 254 valence electrons. The van der Waals surface area contributed by atoms with Crippen molar-refractivity contribution in [2.24, 2.45) is 14.1 Å². The summed E-state index contributed by atoms with van der Waals surface area (Å²) in [6, 6.07) is 38.3. The molecule has 0 bridgehead atoms. The summed E-state index contributed by atoms with van der Waals surface area (Å²) in [4.78, 5) is 25.0. The van der Waals surface area contributed by atoms with Crippen molar-refractivity contribution >= 4 is 33.1 Å². The maximum Gasteiger partial charge on any atom is 0.160 e. The molecule has 9 rings (SSSR count). The number of fused-ring (bicyclic) bond motifs is 3. The molecule has 0 saturated heterocycles. The third-order valence-corrected chi connectivity index (χ3v) is 9.92. The smallest absolute Gasteiger partial charge is 0.160 e. The van der Waals surface area contributed by atoms with Gasteiger partial charge in [0.1, 0.15) is 17.1 Å². The van der Waals surface area contributed by atoms with Gasteiger partial charge in [0.2, 0.25) is 0 Å². The molecule has 8 nitrogen and oxygen atoms in total. The third-order valence-electron chi connectivity index (χ3n) is 9.92. The Labute approximate surface area is 302 Å². The van der Waals surface area contributed by atoms with Crippen molar-refractivity contribution < 1.29 is 0 Å². The topological polar surface area (TPSA) is 79.2 Å². The lowest BCUT2D eigenvalue weighted by molar-refractivity contribution is 0.828. The number of hydrogen-bond acceptors (Lipinski definition) is 5. The largest absolute Gasteiger partial charge is 0.326 e. The summed E-state index contributed by atoms with van der Waals surface area (Å²) >= 11 is 0. The second-order valence-corrected chi connectivity index (χ2v) is 13.9. The van der Waals surface area contributed by atoms with E-state index in [0.717, 1.165) is 79.6 Å². The number of para-hydroxylation sites is 2. The van der Waals surface area contributed by atoms with E-state index in [9.17, 15) is 0 Å². The van der Waals surface area contributed by atoms with Gasteiger partial charge in [0.25, 0.3) is 0 Å². The Balaban J connectivity index is 1.03. The standard InChI is InChI=1S/C44H38N8/c1-27-13-16-34(45-25-27)42-48-37-23-30(14-17-39(37)50(42)4)22-31-15-18-40-38(24-31)49-43(51(40)5)35-10-8-11-36(46-35)44-47-33-9-6-7-12-41(33)52(44)26-32-20-28(2)19-29(3)21-32/h6-21,23-25H,22,26H2,1-5H3. The van der Waals surface area contributed by atoms with Crippen molar-refractivity contribution in [3.8, 4) is 34.6 Å². The van der Waals surface area contributed by atoms with Crippen LogP contribution in [0.25, 0.3) is 67.7 Å². The average Bonchev–Trinajstić information content (AvgIpc) is 3.78. The normalized spacial score (nSPS) is 11.7. The first-order valence-electron chi connectivity index (χ1n) is 17.6. The van der Waals surface area contributed by atoms with Gasteiger partial charge in [0, 0.05) is 26.8 Å². The van der Waals surface area contributed by atoms with Gasteiger partial charge in [-0.1, -0.05) is 65.7 Å². The van der Waals surface area contributed by atoms with E-state index in [4.69, 9.17) is 19.9 Å². The SMILES string of the molecule is Cc1ccc(-c2nc3cc(Cc4ccc5c(c4)nc(-c4cccc(-c6nc7ccccc7n6Cc6cc(C)cc(C)c6)n4)n5C)ccc3n2C)nc1. The second kappa shape index (κ2) is 12.4. The van der Waals surface area contributed by atoms with Crippen LogP contribution in [0.15, 0.2) is 115 Å². The third kappa shape index (κ3) is 5.62. The lowest BCUT2D eigenvalue weighted by Gasteiger charge is -2.11. The first-order chi connectivity index (χ1) is 25.3. The van der Waals surface area contributed by atoms with Crippen molar-refractivity contribution in [3.63, 3.8) is 0 Å². The fourth-order valence-electron chi connectivity index (χ4n) is 7.46. The Morgan fingerprint density at radius 3 is 1.73 bits per heavy atom. The van der Waals surface area contributed by atoms with E-state index < -0.39 is 0 Å². The van der Waals surface area contributed by atoms with Gasteiger partial charge in [-0.25, -0.2) is 19.9 Å².